The van der Waals surface area contributed by atoms with Gasteiger partial charge in [0.15, 0.2) is 0 Å². The predicted molar refractivity (Wildman–Crippen MR) is 130 cm³/mol. The summed E-state index contributed by atoms with van der Waals surface area (Å²) in [6.07, 6.45) is 2.36. The van der Waals surface area contributed by atoms with E-state index in [9.17, 15) is 0 Å². The van der Waals surface area contributed by atoms with Crippen molar-refractivity contribution < 1.29 is 0 Å². The average molecular weight is 389 g/mol. The monoisotopic (exact) mass is 388 g/mol. The zero-order valence-electron chi connectivity index (χ0n) is 18.5. The smallest absolute Gasteiger partial charge is 0.0308 e. The van der Waals surface area contributed by atoms with Crippen molar-refractivity contribution in [1.82, 2.24) is 0 Å². The van der Waals surface area contributed by atoms with E-state index in [0.29, 0.717) is 5.92 Å². The third kappa shape index (κ3) is 2.75. The Kier molecular flexibility index (Phi) is 4.40. The third-order valence-electron chi connectivity index (χ3n) is 7.13. The number of allylic oxidation sites excluding steroid dienone is 1. The normalized spacial score (nSPS) is 15.4. The Bertz CT molecular complexity index is 1330. The third-order valence-corrected chi connectivity index (χ3v) is 7.13. The standard InChI is InChI=1S/C30H28/c1-18-14-15-25(21(4)20(18)3)30-22(5)28(17-24-11-7-9-13-27(24)30)29-19(2)16-23-10-6-8-12-26(23)29/h6-17,29H,1-5H3. The number of rotatable bonds is 2. The largest absolute Gasteiger partial charge is 0.0619 e. The molecule has 0 heteroatoms. The quantitative estimate of drug-likeness (QED) is 0.324. The molecule has 0 aliphatic heterocycles. The molecule has 1 atom stereocenters. The number of fused-ring (bicyclic) bond motifs is 2. The molecule has 0 radical (unpaired) electrons. The van der Waals surface area contributed by atoms with Crippen molar-refractivity contribution in [2.24, 2.45) is 0 Å². The van der Waals surface area contributed by atoms with Crippen LogP contribution in [-0.2, 0) is 0 Å². The van der Waals surface area contributed by atoms with Crippen molar-refractivity contribution in [2.45, 2.75) is 40.5 Å². The van der Waals surface area contributed by atoms with E-state index in [-0.39, 0.29) is 0 Å². The Morgan fingerprint density at radius 1 is 0.633 bits per heavy atom. The first-order chi connectivity index (χ1) is 14.5. The van der Waals surface area contributed by atoms with E-state index in [1.807, 2.05) is 0 Å². The van der Waals surface area contributed by atoms with Crippen LogP contribution < -0.4 is 0 Å². The van der Waals surface area contributed by atoms with Crippen molar-refractivity contribution in [3.05, 3.63) is 111 Å². The Labute approximate surface area is 179 Å². The van der Waals surface area contributed by atoms with Gasteiger partial charge in [0.2, 0.25) is 0 Å². The van der Waals surface area contributed by atoms with Crippen LogP contribution in [0.15, 0.2) is 72.3 Å². The summed E-state index contributed by atoms with van der Waals surface area (Å²) in [5.74, 6) is 0.330. The van der Waals surface area contributed by atoms with Crippen LogP contribution in [0.1, 0.15) is 51.8 Å². The van der Waals surface area contributed by atoms with E-state index in [0.717, 1.165) is 0 Å². The van der Waals surface area contributed by atoms with E-state index >= 15 is 0 Å². The summed E-state index contributed by atoms with van der Waals surface area (Å²) in [5.41, 5.74) is 13.9. The molecule has 1 aliphatic carbocycles. The second-order valence-electron chi connectivity index (χ2n) is 8.82. The molecule has 0 aromatic heterocycles. The lowest BCUT2D eigenvalue weighted by Crippen LogP contribution is -2.05. The fraction of sp³-hybridized carbons (Fsp3) is 0.200. The minimum absolute atomic E-state index is 0.330. The highest BCUT2D eigenvalue weighted by molar-refractivity contribution is 6.00. The van der Waals surface area contributed by atoms with Gasteiger partial charge in [-0.05, 0) is 102 Å². The van der Waals surface area contributed by atoms with Crippen LogP contribution in [-0.4, -0.2) is 0 Å². The van der Waals surface area contributed by atoms with Crippen molar-refractivity contribution in [1.29, 1.82) is 0 Å². The predicted octanol–water partition coefficient (Wildman–Crippen LogP) is 8.29. The molecule has 0 saturated carbocycles. The SMILES string of the molecule is CC1=Cc2ccccc2C1c1cc2ccccc2c(-c2ccc(C)c(C)c2C)c1C. The Hall–Kier alpha value is -3.12. The van der Waals surface area contributed by atoms with Gasteiger partial charge in [0.05, 0.1) is 0 Å². The first-order valence-electron chi connectivity index (χ1n) is 10.8. The summed E-state index contributed by atoms with van der Waals surface area (Å²) in [5, 5.41) is 2.67. The Morgan fingerprint density at radius 2 is 1.37 bits per heavy atom. The fourth-order valence-electron chi connectivity index (χ4n) is 5.24. The van der Waals surface area contributed by atoms with E-state index in [1.165, 1.54) is 66.4 Å². The molecule has 0 N–H and O–H groups in total. The van der Waals surface area contributed by atoms with Gasteiger partial charge in [-0.15, -0.1) is 0 Å². The zero-order valence-corrected chi connectivity index (χ0v) is 18.5. The fourth-order valence-corrected chi connectivity index (χ4v) is 5.24. The molecule has 0 spiro atoms. The molecule has 148 valence electrons. The number of hydrogen-bond donors (Lipinski definition) is 0. The lowest BCUT2D eigenvalue weighted by molar-refractivity contribution is 0.966. The second kappa shape index (κ2) is 6.99. The maximum Gasteiger partial charge on any atom is 0.0308 e. The van der Waals surface area contributed by atoms with Crippen LogP contribution >= 0.6 is 0 Å². The van der Waals surface area contributed by atoms with Crippen molar-refractivity contribution in [2.75, 3.05) is 0 Å². The van der Waals surface area contributed by atoms with Crippen LogP contribution in [0, 0.1) is 27.7 Å². The van der Waals surface area contributed by atoms with Gasteiger partial charge in [-0.25, -0.2) is 0 Å². The summed E-state index contributed by atoms with van der Waals surface area (Å²) in [4.78, 5) is 0. The van der Waals surface area contributed by atoms with Crippen LogP contribution in [0.5, 0.6) is 0 Å². The highest BCUT2D eigenvalue weighted by Gasteiger charge is 2.27. The highest BCUT2D eigenvalue weighted by atomic mass is 14.3. The first-order valence-corrected chi connectivity index (χ1v) is 10.8. The molecule has 30 heavy (non-hydrogen) atoms. The molecular weight excluding hydrogens is 360 g/mol. The maximum atomic E-state index is 2.43. The second-order valence-corrected chi connectivity index (χ2v) is 8.82. The van der Waals surface area contributed by atoms with Gasteiger partial charge < -0.3 is 0 Å². The van der Waals surface area contributed by atoms with E-state index < -0.39 is 0 Å². The maximum absolute atomic E-state index is 2.43. The van der Waals surface area contributed by atoms with Crippen molar-refractivity contribution >= 4 is 16.8 Å². The van der Waals surface area contributed by atoms with Gasteiger partial charge in [0.1, 0.15) is 0 Å². The molecule has 0 heterocycles. The zero-order chi connectivity index (χ0) is 21.0. The van der Waals surface area contributed by atoms with Crippen molar-refractivity contribution in [3.8, 4) is 11.1 Å². The molecule has 0 amide bonds. The minimum Gasteiger partial charge on any atom is -0.0619 e. The molecule has 4 aromatic rings. The van der Waals surface area contributed by atoms with E-state index in [4.69, 9.17) is 0 Å². The van der Waals surface area contributed by atoms with Crippen LogP contribution in [0.3, 0.4) is 0 Å². The molecule has 0 saturated heterocycles. The van der Waals surface area contributed by atoms with Crippen LogP contribution in [0.25, 0.3) is 28.0 Å². The topological polar surface area (TPSA) is 0 Å². The lowest BCUT2D eigenvalue weighted by atomic mass is 9.80. The first kappa shape index (κ1) is 18.9. The number of hydrogen-bond acceptors (Lipinski definition) is 0. The van der Waals surface area contributed by atoms with Gasteiger partial charge >= 0.3 is 0 Å². The van der Waals surface area contributed by atoms with Crippen LogP contribution in [0.4, 0.5) is 0 Å². The number of aryl methyl sites for hydroxylation is 1. The lowest BCUT2D eigenvalue weighted by Gasteiger charge is -2.23. The molecule has 0 nitrogen and oxygen atoms in total. The molecule has 0 fully saturated rings. The molecule has 4 aromatic carbocycles. The summed E-state index contributed by atoms with van der Waals surface area (Å²) in [6, 6.07) is 24.7. The summed E-state index contributed by atoms with van der Waals surface area (Å²) in [7, 11) is 0. The molecular formula is C30H28. The van der Waals surface area contributed by atoms with E-state index in [1.54, 1.807) is 0 Å². The van der Waals surface area contributed by atoms with Gasteiger partial charge in [0, 0.05) is 5.92 Å². The van der Waals surface area contributed by atoms with Gasteiger partial charge in [-0.2, -0.15) is 0 Å². The molecule has 5 rings (SSSR count). The average Bonchev–Trinajstić information content (AvgIpc) is 3.08. The van der Waals surface area contributed by atoms with E-state index in [2.05, 4.69) is 107 Å². The van der Waals surface area contributed by atoms with Crippen molar-refractivity contribution in [3.63, 3.8) is 0 Å². The Balaban J connectivity index is 1.85. The summed E-state index contributed by atoms with van der Waals surface area (Å²) < 4.78 is 0. The summed E-state index contributed by atoms with van der Waals surface area (Å²) in [6.45, 7) is 11.3. The Morgan fingerprint density at radius 3 is 2.20 bits per heavy atom. The minimum atomic E-state index is 0.330. The van der Waals surface area contributed by atoms with Crippen LogP contribution in [0.2, 0.25) is 0 Å². The molecule has 1 aliphatic rings. The number of benzene rings is 4. The summed E-state index contributed by atoms with van der Waals surface area (Å²) >= 11 is 0. The highest BCUT2D eigenvalue weighted by Crippen LogP contribution is 2.46. The molecule has 1 unspecified atom stereocenters. The van der Waals surface area contributed by atoms with Gasteiger partial charge in [-0.1, -0.05) is 72.3 Å². The van der Waals surface area contributed by atoms with Gasteiger partial charge in [0.25, 0.3) is 0 Å². The molecule has 0 bridgehead atoms. The van der Waals surface area contributed by atoms with Gasteiger partial charge in [-0.3, -0.25) is 0 Å².